The number of amides is 2. The zero-order valence-electron chi connectivity index (χ0n) is 19.7. The Bertz CT molecular complexity index is 1040. The van der Waals surface area contributed by atoms with E-state index in [1.54, 1.807) is 6.20 Å². The molecule has 2 amide bonds. The van der Waals surface area contributed by atoms with E-state index in [4.69, 9.17) is 0 Å². The molecule has 178 valence electrons. The molecule has 9 heteroatoms. The number of aliphatic hydroxyl groups is 1. The molecule has 2 aromatic rings. The van der Waals surface area contributed by atoms with Crippen LogP contribution < -0.4 is 10.6 Å². The van der Waals surface area contributed by atoms with Crippen LogP contribution >= 0.6 is 11.3 Å². The summed E-state index contributed by atoms with van der Waals surface area (Å²) < 4.78 is 0. The smallest absolute Gasteiger partial charge is 0.280 e. The summed E-state index contributed by atoms with van der Waals surface area (Å²) in [6.45, 7) is 8.84. The van der Waals surface area contributed by atoms with Gasteiger partial charge in [-0.05, 0) is 71.4 Å². The van der Waals surface area contributed by atoms with Crippen molar-refractivity contribution in [1.29, 1.82) is 0 Å². The van der Waals surface area contributed by atoms with Gasteiger partial charge in [-0.2, -0.15) is 0 Å². The first-order valence-corrected chi connectivity index (χ1v) is 12.6. The van der Waals surface area contributed by atoms with Gasteiger partial charge in [0.2, 0.25) is 0 Å². The molecular formula is C24H33N5O3S. The molecule has 33 heavy (non-hydrogen) atoms. The van der Waals surface area contributed by atoms with Crippen LogP contribution in [0.25, 0.3) is 10.4 Å². The van der Waals surface area contributed by atoms with Crippen LogP contribution in [0, 0.1) is 6.92 Å². The monoisotopic (exact) mass is 471 g/mol. The summed E-state index contributed by atoms with van der Waals surface area (Å²) in [7, 11) is 0. The number of likely N-dealkylation sites (tertiary alicyclic amines) is 1. The van der Waals surface area contributed by atoms with Gasteiger partial charge in [0.15, 0.2) is 5.01 Å². The van der Waals surface area contributed by atoms with Crippen LogP contribution in [-0.2, 0) is 0 Å². The van der Waals surface area contributed by atoms with Crippen LogP contribution in [0.3, 0.4) is 0 Å². The summed E-state index contributed by atoms with van der Waals surface area (Å²) in [5.41, 5.74) is 2.10. The Morgan fingerprint density at radius 1 is 1.27 bits per heavy atom. The summed E-state index contributed by atoms with van der Waals surface area (Å²) in [4.78, 5) is 38.1. The molecule has 1 aliphatic carbocycles. The predicted molar refractivity (Wildman–Crippen MR) is 130 cm³/mol. The van der Waals surface area contributed by atoms with Crippen LogP contribution in [0.2, 0.25) is 0 Å². The Morgan fingerprint density at radius 2 is 2.06 bits per heavy atom. The molecule has 3 N–H and O–H groups in total. The number of nitrogens with zero attached hydrogens (tertiary/aromatic N) is 3. The molecule has 1 aliphatic heterocycles. The van der Waals surface area contributed by atoms with E-state index >= 15 is 0 Å². The fraction of sp³-hybridized carbons (Fsp3) is 0.583. The number of nitrogens with one attached hydrogen (secondary N) is 2. The fourth-order valence-electron chi connectivity index (χ4n) is 4.62. The first kappa shape index (κ1) is 23.6. The maximum atomic E-state index is 13.5. The molecule has 2 aliphatic rings. The standard InChI is InChI=1S/C24H33N5O3S/c1-13(2)26-19-10-14(3)18(12-25-19)21-20(24(32)29-9-5-6-15(29)4)28-23(33-21)22(31)27-16-7-8-17(30)11-16/h10,12-13,15-17,30H,5-9,11H2,1-4H3,(H,25,26)(H,27,31)/t15-,16-,17+/m0/s1. The van der Waals surface area contributed by atoms with Crippen molar-refractivity contribution in [1.82, 2.24) is 20.2 Å². The number of aryl methyl sites for hydroxylation is 1. The maximum absolute atomic E-state index is 13.5. The highest BCUT2D eigenvalue weighted by Crippen LogP contribution is 2.35. The third kappa shape index (κ3) is 5.19. The van der Waals surface area contributed by atoms with Crippen molar-refractivity contribution in [2.24, 2.45) is 0 Å². The molecule has 3 heterocycles. The van der Waals surface area contributed by atoms with Crippen molar-refractivity contribution in [3.8, 4) is 10.4 Å². The molecule has 2 aromatic heterocycles. The highest BCUT2D eigenvalue weighted by molar-refractivity contribution is 7.17. The van der Waals surface area contributed by atoms with Crippen LogP contribution in [-0.4, -0.2) is 62.6 Å². The second kappa shape index (κ2) is 9.77. The van der Waals surface area contributed by atoms with Gasteiger partial charge in [-0.15, -0.1) is 11.3 Å². The molecule has 4 rings (SSSR count). The lowest BCUT2D eigenvalue weighted by atomic mass is 10.1. The SMILES string of the molecule is Cc1cc(NC(C)C)ncc1-c1sc(C(=O)N[C@H]2CC[C@@H](O)C2)nc1C(=O)N1CCC[C@@H]1C. The lowest BCUT2D eigenvalue weighted by Crippen LogP contribution is -2.35. The van der Waals surface area contributed by atoms with E-state index in [9.17, 15) is 14.7 Å². The fourth-order valence-corrected chi connectivity index (χ4v) is 5.66. The molecule has 0 spiro atoms. The van der Waals surface area contributed by atoms with Crippen molar-refractivity contribution in [3.63, 3.8) is 0 Å². The molecule has 0 aromatic carbocycles. The summed E-state index contributed by atoms with van der Waals surface area (Å²) >= 11 is 1.23. The third-order valence-corrected chi connectivity index (χ3v) is 7.46. The number of aliphatic hydroxyl groups excluding tert-OH is 1. The van der Waals surface area contributed by atoms with Gasteiger partial charge in [0.25, 0.3) is 11.8 Å². The second-order valence-electron chi connectivity index (χ2n) is 9.51. The van der Waals surface area contributed by atoms with Crippen LogP contribution in [0.15, 0.2) is 12.3 Å². The lowest BCUT2D eigenvalue weighted by Gasteiger charge is -2.21. The van der Waals surface area contributed by atoms with Crippen molar-refractivity contribution in [2.75, 3.05) is 11.9 Å². The van der Waals surface area contributed by atoms with E-state index in [1.807, 2.05) is 17.9 Å². The zero-order valence-corrected chi connectivity index (χ0v) is 20.5. The number of anilines is 1. The average molecular weight is 472 g/mol. The molecule has 0 radical (unpaired) electrons. The first-order valence-electron chi connectivity index (χ1n) is 11.8. The van der Waals surface area contributed by atoms with E-state index in [2.05, 4.69) is 41.4 Å². The highest BCUT2D eigenvalue weighted by atomic mass is 32.1. The van der Waals surface area contributed by atoms with Gasteiger partial charge >= 0.3 is 0 Å². The van der Waals surface area contributed by atoms with Crippen molar-refractivity contribution in [3.05, 3.63) is 28.5 Å². The minimum Gasteiger partial charge on any atom is -0.393 e. The van der Waals surface area contributed by atoms with E-state index in [0.717, 1.165) is 36.2 Å². The quantitative estimate of drug-likeness (QED) is 0.594. The number of carbonyl (C=O) groups is 2. The van der Waals surface area contributed by atoms with Gasteiger partial charge in [0.05, 0.1) is 11.0 Å². The van der Waals surface area contributed by atoms with Gasteiger partial charge in [-0.1, -0.05) is 0 Å². The summed E-state index contributed by atoms with van der Waals surface area (Å²) in [5, 5.41) is 16.3. The average Bonchev–Trinajstić information content (AvgIpc) is 3.47. The molecule has 1 saturated heterocycles. The summed E-state index contributed by atoms with van der Waals surface area (Å²) in [6, 6.07) is 2.30. The number of carbonyl (C=O) groups excluding carboxylic acids is 2. The molecule has 3 atom stereocenters. The number of pyridine rings is 1. The molecular weight excluding hydrogens is 438 g/mol. The number of hydrogen-bond donors (Lipinski definition) is 3. The molecule has 0 unspecified atom stereocenters. The van der Waals surface area contributed by atoms with Crippen LogP contribution in [0.1, 0.15) is 78.7 Å². The minimum absolute atomic E-state index is 0.0672. The third-order valence-electron chi connectivity index (χ3n) is 6.37. The normalized spacial score (nSPS) is 22.7. The highest BCUT2D eigenvalue weighted by Gasteiger charge is 2.32. The van der Waals surface area contributed by atoms with Gasteiger partial charge in [0, 0.05) is 36.4 Å². The van der Waals surface area contributed by atoms with Gasteiger partial charge in [-0.3, -0.25) is 9.59 Å². The van der Waals surface area contributed by atoms with Crippen LogP contribution in [0.4, 0.5) is 5.82 Å². The Balaban J connectivity index is 1.68. The van der Waals surface area contributed by atoms with E-state index in [-0.39, 0.29) is 41.1 Å². The summed E-state index contributed by atoms with van der Waals surface area (Å²) in [5.74, 6) is 0.345. The number of rotatable bonds is 6. The van der Waals surface area contributed by atoms with E-state index < -0.39 is 0 Å². The lowest BCUT2D eigenvalue weighted by molar-refractivity contribution is 0.0743. The topological polar surface area (TPSA) is 107 Å². The largest absolute Gasteiger partial charge is 0.393 e. The molecule has 8 nitrogen and oxygen atoms in total. The predicted octanol–water partition coefficient (Wildman–Crippen LogP) is 3.60. The van der Waals surface area contributed by atoms with Crippen LogP contribution in [0.5, 0.6) is 0 Å². The van der Waals surface area contributed by atoms with Crippen molar-refractivity contribution < 1.29 is 14.7 Å². The number of thiazole rings is 1. The maximum Gasteiger partial charge on any atom is 0.280 e. The van der Waals surface area contributed by atoms with Crippen molar-refractivity contribution in [2.45, 2.75) is 84.0 Å². The minimum atomic E-state index is -0.373. The molecule has 1 saturated carbocycles. The summed E-state index contributed by atoms with van der Waals surface area (Å²) in [6.07, 6.45) is 5.31. The van der Waals surface area contributed by atoms with Gasteiger partial charge in [-0.25, -0.2) is 9.97 Å². The second-order valence-corrected chi connectivity index (χ2v) is 10.5. The van der Waals surface area contributed by atoms with E-state index in [0.29, 0.717) is 30.0 Å². The Morgan fingerprint density at radius 3 is 2.67 bits per heavy atom. The zero-order chi connectivity index (χ0) is 23.7. The van der Waals surface area contributed by atoms with E-state index in [1.165, 1.54) is 11.3 Å². The molecule has 0 bridgehead atoms. The van der Waals surface area contributed by atoms with Crippen molar-refractivity contribution >= 4 is 29.0 Å². The van der Waals surface area contributed by atoms with Gasteiger partial charge in [0.1, 0.15) is 11.5 Å². The Labute approximate surface area is 198 Å². The number of hydrogen-bond acceptors (Lipinski definition) is 7. The Kier molecular flexibility index (Phi) is 6.99. The van der Waals surface area contributed by atoms with Gasteiger partial charge < -0.3 is 20.6 Å². The molecule has 2 fully saturated rings. The Hall–Kier alpha value is -2.52. The first-order chi connectivity index (χ1) is 15.7. The number of aromatic nitrogens is 2.